The van der Waals surface area contributed by atoms with E-state index in [4.69, 9.17) is 9.15 Å². The van der Waals surface area contributed by atoms with Gasteiger partial charge in [0.05, 0.1) is 22.0 Å². The van der Waals surface area contributed by atoms with Crippen molar-refractivity contribution in [2.45, 2.75) is 6.61 Å². The third kappa shape index (κ3) is 4.69. The Balaban J connectivity index is 1.47. The lowest BCUT2D eigenvalue weighted by atomic mass is 10.2. The van der Waals surface area contributed by atoms with Gasteiger partial charge in [-0.1, -0.05) is 48.5 Å². The lowest BCUT2D eigenvalue weighted by Crippen LogP contribution is -2.20. The van der Waals surface area contributed by atoms with Crippen molar-refractivity contribution in [2.24, 2.45) is 5.10 Å². The molecule has 0 N–H and O–H groups in total. The minimum atomic E-state index is -0.569. The number of para-hydroxylation sites is 3. The Hall–Kier alpha value is -5.64. The summed E-state index contributed by atoms with van der Waals surface area (Å²) in [6.07, 6.45) is 1.30. The van der Waals surface area contributed by atoms with Crippen molar-refractivity contribution in [2.75, 3.05) is 0 Å². The Morgan fingerprint density at radius 3 is 2.58 bits per heavy atom. The van der Waals surface area contributed by atoms with Gasteiger partial charge in [-0.05, 0) is 48.0 Å². The second-order valence-electron chi connectivity index (χ2n) is 8.83. The van der Waals surface area contributed by atoms with Gasteiger partial charge >= 0.3 is 5.69 Å². The Kier molecular flexibility index (Phi) is 6.33. The molecule has 0 unspecified atom stereocenters. The molecular formula is C30H19FN4O5. The normalized spacial score (nSPS) is 11.4. The molecule has 0 aliphatic rings. The number of nitro benzene ring substituents is 1. The van der Waals surface area contributed by atoms with E-state index in [1.54, 1.807) is 42.5 Å². The van der Waals surface area contributed by atoms with Crippen LogP contribution in [0.2, 0.25) is 0 Å². The maximum atomic E-state index is 13.6. The summed E-state index contributed by atoms with van der Waals surface area (Å²) in [4.78, 5) is 29.4. The molecule has 0 amide bonds. The summed E-state index contributed by atoms with van der Waals surface area (Å²) >= 11 is 0. The lowest BCUT2D eigenvalue weighted by Gasteiger charge is -2.10. The van der Waals surface area contributed by atoms with Crippen molar-refractivity contribution < 1.29 is 18.5 Å². The predicted molar refractivity (Wildman–Crippen MR) is 148 cm³/mol. The van der Waals surface area contributed by atoms with Gasteiger partial charge < -0.3 is 9.15 Å². The Morgan fingerprint density at radius 1 is 1.00 bits per heavy atom. The van der Waals surface area contributed by atoms with E-state index in [0.717, 1.165) is 10.1 Å². The highest BCUT2D eigenvalue weighted by Gasteiger charge is 2.20. The van der Waals surface area contributed by atoms with Crippen LogP contribution in [0.5, 0.6) is 5.75 Å². The molecule has 0 bridgehead atoms. The quantitative estimate of drug-likeness (QED) is 0.135. The summed E-state index contributed by atoms with van der Waals surface area (Å²) in [5.41, 5.74) is 1.22. The molecular weight excluding hydrogens is 515 g/mol. The maximum Gasteiger partial charge on any atom is 0.311 e. The highest BCUT2D eigenvalue weighted by molar-refractivity contribution is 5.87. The summed E-state index contributed by atoms with van der Waals surface area (Å²) in [5.74, 6) is 0.0352. The van der Waals surface area contributed by atoms with E-state index < -0.39 is 16.3 Å². The van der Waals surface area contributed by atoms with Crippen LogP contribution in [0.4, 0.5) is 10.1 Å². The number of ether oxygens (including phenoxy) is 1. The maximum absolute atomic E-state index is 13.6. The van der Waals surface area contributed by atoms with E-state index in [0.29, 0.717) is 27.8 Å². The second-order valence-corrected chi connectivity index (χ2v) is 8.83. The molecule has 4 aromatic carbocycles. The largest absolute Gasteiger partial charge is 0.481 e. The molecule has 2 aromatic heterocycles. The minimum Gasteiger partial charge on any atom is -0.481 e. The number of halogens is 1. The molecule has 6 aromatic rings. The van der Waals surface area contributed by atoms with Crippen LogP contribution in [0, 0.1) is 15.9 Å². The van der Waals surface area contributed by atoms with Gasteiger partial charge in [0.2, 0.25) is 11.6 Å². The zero-order valence-corrected chi connectivity index (χ0v) is 20.7. The zero-order valence-electron chi connectivity index (χ0n) is 20.7. The number of nitro groups is 1. The fraction of sp³-hybridized carbons (Fsp3) is 0.0333. The number of hydrogen-bond donors (Lipinski definition) is 0. The highest BCUT2D eigenvalue weighted by Crippen LogP contribution is 2.31. The standard InChI is InChI=1S/C30H19FN4O5/c31-22-14-12-19(13-15-22)18-39-28-21(7-5-10-25(28)35(37)38)17-32-34-29(27-16-20-6-1-4-11-26(20)40-27)33-24-9-3-2-8-23(24)30(34)36/h1-17H,18H2. The highest BCUT2D eigenvalue weighted by atomic mass is 19.1. The van der Waals surface area contributed by atoms with Gasteiger partial charge in [0.1, 0.15) is 18.0 Å². The lowest BCUT2D eigenvalue weighted by molar-refractivity contribution is -0.385. The van der Waals surface area contributed by atoms with E-state index in [2.05, 4.69) is 10.1 Å². The van der Waals surface area contributed by atoms with Crippen LogP contribution < -0.4 is 10.3 Å². The van der Waals surface area contributed by atoms with Crippen LogP contribution in [0.25, 0.3) is 33.5 Å². The number of hydrogen-bond acceptors (Lipinski definition) is 7. The fourth-order valence-electron chi connectivity index (χ4n) is 4.28. The first-order valence-corrected chi connectivity index (χ1v) is 12.2. The summed E-state index contributed by atoms with van der Waals surface area (Å²) in [7, 11) is 0. The molecule has 6 rings (SSSR count). The third-order valence-corrected chi connectivity index (χ3v) is 6.23. The first-order chi connectivity index (χ1) is 19.5. The second kappa shape index (κ2) is 10.3. The molecule has 0 spiro atoms. The SMILES string of the molecule is O=c1c2ccccc2nc(-c2cc3ccccc3o2)n1N=Cc1cccc([N+](=O)[O-])c1OCc1ccc(F)cc1. The van der Waals surface area contributed by atoms with Crippen molar-refractivity contribution in [3.8, 4) is 17.3 Å². The molecule has 196 valence electrons. The van der Waals surface area contributed by atoms with Crippen LogP contribution in [0.15, 0.2) is 111 Å². The van der Waals surface area contributed by atoms with Gasteiger partial charge in [-0.25, -0.2) is 9.37 Å². The summed E-state index contributed by atoms with van der Waals surface area (Å²) in [6.45, 7) is -0.0479. The smallest absolute Gasteiger partial charge is 0.311 e. The van der Waals surface area contributed by atoms with E-state index in [-0.39, 0.29) is 29.4 Å². The predicted octanol–water partition coefficient (Wildman–Crippen LogP) is 6.32. The van der Waals surface area contributed by atoms with E-state index >= 15 is 0 Å². The van der Waals surface area contributed by atoms with Gasteiger partial charge in [0, 0.05) is 17.0 Å². The molecule has 0 radical (unpaired) electrons. The van der Waals surface area contributed by atoms with Crippen LogP contribution in [0.1, 0.15) is 11.1 Å². The topological polar surface area (TPSA) is 113 Å². The van der Waals surface area contributed by atoms with Crippen molar-refractivity contribution in [3.63, 3.8) is 0 Å². The summed E-state index contributed by atoms with van der Waals surface area (Å²) in [6, 6.07) is 26.0. The number of furan rings is 1. The Bertz CT molecular complexity index is 1950. The Labute approximate surface area is 225 Å². The number of nitrogens with zero attached hydrogens (tertiary/aromatic N) is 4. The van der Waals surface area contributed by atoms with Gasteiger partial charge in [-0.2, -0.15) is 9.78 Å². The number of aromatic nitrogens is 2. The van der Waals surface area contributed by atoms with Gasteiger partial charge in [-0.15, -0.1) is 0 Å². The molecule has 0 atom stereocenters. The molecule has 10 heteroatoms. The third-order valence-electron chi connectivity index (χ3n) is 6.23. The molecule has 2 heterocycles. The van der Waals surface area contributed by atoms with Gasteiger partial charge in [-0.3, -0.25) is 14.9 Å². The van der Waals surface area contributed by atoms with E-state index in [9.17, 15) is 19.3 Å². The molecule has 0 saturated carbocycles. The number of rotatable bonds is 7. The zero-order chi connectivity index (χ0) is 27.6. The van der Waals surface area contributed by atoms with Crippen LogP contribution >= 0.6 is 0 Å². The number of benzene rings is 4. The summed E-state index contributed by atoms with van der Waals surface area (Å²) in [5, 5.41) is 17.4. The summed E-state index contributed by atoms with van der Waals surface area (Å²) < 4.78 is 26.2. The van der Waals surface area contributed by atoms with Crippen molar-refractivity contribution >= 4 is 33.8 Å². The average Bonchev–Trinajstić information content (AvgIpc) is 3.41. The monoisotopic (exact) mass is 534 g/mol. The van der Waals surface area contributed by atoms with Crippen LogP contribution in [-0.2, 0) is 6.61 Å². The van der Waals surface area contributed by atoms with Crippen LogP contribution in [0.3, 0.4) is 0 Å². The van der Waals surface area contributed by atoms with E-state index in [1.807, 2.05) is 18.2 Å². The average molecular weight is 535 g/mol. The molecule has 0 saturated heterocycles. The molecule has 0 fully saturated rings. The Morgan fingerprint density at radius 2 is 1.77 bits per heavy atom. The van der Waals surface area contributed by atoms with Crippen molar-refractivity contribution in [1.29, 1.82) is 0 Å². The molecule has 0 aliphatic carbocycles. The number of fused-ring (bicyclic) bond motifs is 2. The van der Waals surface area contributed by atoms with E-state index in [1.165, 1.54) is 42.6 Å². The van der Waals surface area contributed by atoms with Crippen LogP contribution in [-0.4, -0.2) is 20.8 Å². The molecule has 0 aliphatic heterocycles. The van der Waals surface area contributed by atoms with Crippen molar-refractivity contribution in [1.82, 2.24) is 9.66 Å². The minimum absolute atomic E-state index is 0.0479. The molecule has 9 nitrogen and oxygen atoms in total. The van der Waals surface area contributed by atoms with Gasteiger partial charge in [0.25, 0.3) is 5.56 Å². The fourth-order valence-corrected chi connectivity index (χ4v) is 4.28. The molecule has 40 heavy (non-hydrogen) atoms. The first kappa shape index (κ1) is 24.7. The van der Waals surface area contributed by atoms with Gasteiger partial charge in [0.15, 0.2) is 5.76 Å². The first-order valence-electron chi connectivity index (χ1n) is 12.2. The van der Waals surface area contributed by atoms with Crippen molar-refractivity contribution in [3.05, 3.63) is 134 Å².